The van der Waals surface area contributed by atoms with Crippen molar-refractivity contribution in [3.63, 3.8) is 0 Å². The van der Waals surface area contributed by atoms with E-state index in [0.717, 1.165) is 6.07 Å². The van der Waals surface area contributed by atoms with Crippen molar-refractivity contribution in [2.24, 2.45) is 0 Å². The van der Waals surface area contributed by atoms with Gasteiger partial charge in [-0.3, -0.25) is 4.79 Å². The molecule has 1 aromatic carbocycles. The zero-order chi connectivity index (χ0) is 15.3. The van der Waals surface area contributed by atoms with E-state index in [0.29, 0.717) is 6.54 Å². The summed E-state index contributed by atoms with van der Waals surface area (Å²) in [6, 6.07) is 4.79. The Morgan fingerprint density at radius 1 is 1.50 bits per heavy atom. The maximum absolute atomic E-state index is 12.2. The van der Waals surface area contributed by atoms with Crippen LogP contribution < -0.4 is 10.0 Å². The molecular weight excluding hydrogens is 302 g/mol. The van der Waals surface area contributed by atoms with Gasteiger partial charge in [0, 0.05) is 6.54 Å². The third-order valence-corrected chi connectivity index (χ3v) is 4.45. The van der Waals surface area contributed by atoms with E-state index >= 15 is 0 Å². The predicted octanol–water partition coefficient (Wildman–Crippen LogP) is 1.01. The van der Waals surface area contributed by atoms with Crippen LogP contribution in [0.5, 0.6) is 0 Å². The number of hydrogen-bond donors (Lipinski definition) is 2. The average molecular weight is 316 g/mol. The first-order chi connectivity index (χ1) is 9.31. The number of carbonyl (C=O) groups is 1. The Labute approximate surface area is 122 Å². The number of sulfonamides is 1. The number of benzene rings is 1. The van der Waals surface area contributed by atoms with Crippen molar-refractivity contribution in [1.29, 1.82) is 5.26 Å². The van der Waals surface area contributed by atoms with Gasteiger partial charge in [0.2, 0.25) is 15.9 Å². The molecular formula is C12H14ClN3O3S. The molecule has 8 heteroatoms. The third-order valence-electron chi connectivity index (χ3n) is 2.43. The summed E-state index contributed by atoms with van der Waals surface area (Å²) in [6.07, 6.45) is 0. The monoisotopic (exact) mass is 315 g/mol. The fourth-order valence-corrected chi connectivity index (χ4v) is 3.18. The number of nitrogens with one attached hydrogen (secondary N) is 2. The van der Waals surface area contributed by atoms with Crippen molar-refractivity contribution in [3.05, 3.63) is 28.8 Å². The Bertz CT molecular complexity index is 652. The van der Waals surface area contributed by atoms with Crippen molar-refractivity contribution in [2.45, 2.75) is 24.8 Å². The number of hydrogen-bond acceptors (Lipinski definition) is 4. The van der Waals surface area contributed by atoms with Crippen molar-refractivity contribution < 1.29 is 13.2 Å². The maximum Gasteiger partial charge on any atom is 0.242 e. The molecule has 1 rings (SSSR count). The summed E-state index contributed by atoms with van der Waals surface area (Å²) < 4.78 is 26.5. The zero-order valence-corrected chi connectivity index (χ0v) is 12.5. The van der Waals surface area contributed by atoms with Crippen LogP contribution in [0.15, 0.2) is 23.1 Å². The Hall–Kier alpha value is -1.62. The summed E-state index contributed by atoms with van der Waals surface area (Å²) in [7, 11) is -3.98. The van der Waals surface area contributed by atoms with Crippen LogP contribution in [0.25, 0.3) is 0 Å². The summed E-state index contributed by atoms with van der Waals surface area (Å²) >= 11 is 5.83. The van der Waals surface area contributed by atoms with Crippen molar-refractivity contribution in [1.82, 2.24) is 10.0 Å². The molecule has 1 unspecified atom stereocenters. The SMILES string of the molecule is CCNC(=O)C(C)NS(=O)(=O)c1cc(C#N)ccc1Cl. The Balaban J connectivity index is 3.06. The molecule has 0 aliphatic heterocycles. The molecule has 0 fully saturated rings. The van der Waals surface area contributed by atoms with E-state index in [1.165, 1.54) is 19.1 Å². The number of nitrogens with zero attached hydrogens (tertiary/aromatic N) is 1. The fourth-order valence-electron chi connectivity index (χ4n) is 1.46. The minimum Gasteiger partial charge on any atom is -0.355 e. The van der Waals surface area contributed by atoms with Gasteiger partial charge in [-0.05, 0) is 32.0 Å². The van der Waals surface area contributed by atoms with Gasteiger partial charge in [-0.2, -0.15) is 9.98 Å². The van der Waals surface area contributed by atoms with Gasteiger partial charge >= 0.3 is 0 Å². The highest BCUT2D eigenvalue weighted by atomic mass is 35.5. The fraction of sp³-hybridized carbons (Fsp3) is 0.333. The largest absolute Gasteiger partial charge is 0.355 e. The Morgan fingerprint density at radius 3 is 2.70 bits per heavy atom. The van der Waals surface area contributed by atoms with Crippen molar-refractivity contribution >= 4 is 27.5 Å². The molecule has 0 radical (unpaired) electrons. The molecule has 0 bridgehead atoms. The lowest BCUT2D eigenvalue weighted by Gasteiger charge is -2.14. The second kappa shape index (κ2) is 6.70. The topological polar surface area (TPSA) is 99.1 Å². The molecule has 1 aromatic rings. The van der Waals surface area contributed by atoms with Crippen LogP contribution in [0.1, 0.15) is 19.4 Å². The highest BCUT2D eigenvalue weighted by molar-refractivity contribution is 7.89. The van der Waals surface area contributed by atoms with Gasteiger partial charge in [-0.1, -0.05) is 11.6 Å². The number of rotatable bonds is 5. The van der Waals surface area contributed by atoms with Gasteiger partial charge in [-0.15, -0.1) is 0 Å². The molecule has 0 saturated carbocycles. The quantitative estimate of drug-likeness (QED) is 0.847. The number of carbonyl (C=O) groups excluding carboxylic acids is 1. The predicted molar refractivity (Wildman–Crippen MR) is 74.6 cm³/mol. The van der Waals surface area contributed by atoms with Crippen LogP contribution >= 0.6 is 11.6 Å². The van der Waals surface area contributed by atoms with Gasteiger partial charge in [-0.25, -0.2) is 8.42 Å². The minimum atomic E-state index is -3.98. The summed E-state index contributed by atoms with van der Waals surface area (Å²) in [4.78, 5) is 11.3. The molecule has 1 atom stereocenters. The van der Waals surface area contributed by atoms with Gasteiger partial charge in [0.1, 0.15) is 4.90 Å². The average Bonchev–Trinajstić information content (AvgIpc) is 2.38. The Kier molecular flexibility index (Phi) is 5.51. The van der Waals surface area contributed by atoms with Crippen LogP contribution in [0.4, 0.5) is 0 Å². The summed E-state index contributed by atoms with van der Waals surface area (Å²) in [5.74, 6) is -0.441. The van der Waals surface area contributed by atoms with Crippen LogP contribution in [-0.2, 0) is 14.8 Å². The molecule has 0 aliphatic carbocycles. The normalized spacial score (nSPS) is 12.5. The van der Waals surface area contributed by atoms with E-state index in [1.807, 2.05) is 6.07 Å². The smallest absolute Gasteiger partial charge is 0.242 e. The minimum absolute atomic E-state index is 0.0143. The van der Waals surface area contributed by atoms with Gasteiger partial charge in [0.05, 0.1) is 22.7 Å². The van der Waals surface area contributed by atoms with Gasteiger partial charge < -0.3 is 5.32 Å². The second-order valence-corrected chi connectivity index (χ2v) is 6.08. The van der Waals surface area contributed by atoms with E-state index in [-0.39, 0.29) is 15.5 Å². The highest BCUT2D eigenvalue weighted by Crippen LogP contribution is 2.22. The molecule has 0 saturated heterocycles. The summed E-state index contributed by atoms with van der Waals surface area (Å²) in [6.45, 7) is 3.55. The maximum atomic E-state index is 12.2. The Morgan fingerprint density at radius 2 is 2.15 bits per heavy atom. The van der Waals surface area contributed by atoms with Crippen LogP contribution in [-0.4, -0.2) is 26.9 Å². The first kappa shape index (κ1) is 16.4. The van der Waals surface area contributed by atoms with Crippen LogP contribution in [0.3, 0.4) is 0 Å². The molecule has 0 spiro atoms. The lowest BCUT2D eigenvalue weighted by atomic mass is 10.2. The van der Waals surface area contributed by atoms with Gasteiger partial charge in [0.15, 0.2) is 0 Å². The molecule has 2 N–H and O–H groups in total. The second-order valence-electron chi connectivity index (χ2n) is 3.99. The molecule has 0 aromatic heterocycles. The number of nitriles is 1. The van der Waals surface area contributed by atoms with Crippen molar-refractivity contribution in [2.75, 3.05) is 6.54 Å². The number of likely N-dealkylation sites (N-methyl/N-ethyl adjacent to an activating group) is 1. The van der Waals surface area contributed by atoms with Gasteiger partial charge in [0.25, 0.3) is 0 Å². The first-order valence-electron chi connectivity index (χ1n) is 5.81. The van der Waals surface area contributed by atoms with E-state index in [2.05, 4.69) is 10.0 Å². The molecule has 6 nitrogen and oxygen atoms in total. The van der Waals surface area contributed by atoms with E-state index < -0.39 is 22.0 Å². The van der Waals surface area contributed by atoms with Crippen LogP contribution in [0, 0.1) is 11.3 Å². The summed E-state index contributed by atoms with van der Waals surface area (Å²) in [5.41, 5.74) is 0.167. The third kappa shape index (κ3) is 3.93. The number of amides is 1. The van der Waals surface area contributed by atoms with Crippen LogP contribution in [0.2, 0.25) is 5.02 Å². The number of halogens is 1. The molecule has 20 heavy (non-hydrogen) atoms. The molecule has 0 heterocycles. The highest BCUT2D eigenvalue weighted by Gasteiger charge is 2.24. The molecule has 108 valence electrons. The summed E-state index contributed by atoms with van der Waals surface area (Å²) in [5, 5.41) is 11.3. The molecule has 0 aliphatic rings. The van der Waals surface area contributed by atoms with E-state index in [1.54, 1.807) is 6.92 Å². The van der Waals surface area contributed by atoms with Crippen molar-refractivity contribution in [3.8, 4) is 6.07 Å². The van der Waals surface area contributed by atoms with E-state index in [9.17, 15) is 13.2 Å². The lowest BCUT2D eigenvalue weighted by Crippen LogP contribution is -2.44. The van der Waals surface area contributed by atoms with E-state index in [4.69, 9.17) is 16.9 Å². The zero-order valence-electron chi connectivity index (χ0n) is 11.0. The lowest BCUT2D eigenvalue weighted by molar-refractivity contribution is -0.122. The standard InChI is InChI=1S/C12H14ClN3O3S/c1-3-15-12(17)8(2)16-20(18,19)11-6-9(7-14)4-5-10(11)13/h4-6,8,16H,3H2,1-2H3,(H,15,17). The molecule has 1 amide bonds. The first-order valence-corrected chi connectivity index (χ1v) is 7.67.